The predicted molar refractivity (Wildman–Crippen MR) is 73.7 cm³/mol. The number of hydrogen-bond donors (Lipinski definition) is 2. The highest BCUT2D eigenvalue weighted by molar-refractivity contribution is 7.99. The summed E-state index contributed by atoms with van der Waals surface area (Å²) in [5.41, 5.74) is 1.19. The lowest BCUT2D eigenvalue weighted by atomic mass is 10.1. The second-order valence-corrected chi connectivity index (χ2v) is 5.17. The van der Waals surface area contributed by atoms with E-state index < -0.39 is 0 Å². The summed E-state index contributed by atoms with van der Waals surface area (Å²) in [6.45, 7) is 0.310. The molecular formula is C13H15N3O2S. The minimum Gasteiger partial charge on any atom is -0.454 e. The van der Waals surface area contributed by atoms with Crippen molar-refractivity contribution in [2.75, 3.05) is 19.6 Å². The van der Waals surface area contributed by atoms with Crippen molar-refractivity contribution in [1.29, 1.82) is 0 Å². The first-order valence-electron chi connectivity index (χ1n) is 6.06. The van der Waals surface area contributed by atoms with Crippen LogP contribution in [0.3, 0.4) is 0 Å². The van der Waals surface area contributed by atoms with Crippen LogP contribution in [0.2, 0.25) is 0 Å². The summed E-state index contributed by atoms with van der Waals surface area (Å²) in [7, 11) is 1.96. The fraction of sp³-hybridized carbons (Fsp3) is 0.308. The minimum absolute atomic E-state index is 0.240. The lowest BCUT2D eigenvalue weighted by Crippen LogP contribution is -2.18. The molecule has 1 unspecified atom stereocenters. The molecule has 5 nitrogen and oxygen atoms in total. The maximum Gasteiger partial charge on any atom is 0.231 e. The van der Waals surface area contributed by atoms with Gasteiger partial charge in [-0.3, -0.25) is 0 Å². The Morgan fingerprint density at radius 2 is 2.32 bits per heavy atom. The van der Waals surface area contributed by atoms with Crippen molar-refractivity contribution >= 4 is 11.8 Å². The maximum absolute atomic E-state index is 5.41. The van der Waals surface area contributed by atoms with E-state index in [9.17, 15) is 0 Å². The molecule has 1 aromatic heterocycles. The number of nitrogens with one attached hydrogen (secondary N) is 2. The number of nitrogens with zero attached hydrogens (tertiary/aromatic N) is 1. The number of imidazole rings is 1. The zero-order valence-corrected chi connectivity index (χ0v) is 11.4. The van der Waals surface area contributed by atoms with Crippen LogP contribution in [0.25, 0.3) is 0 Å². The minimum atomic E-state index is 0.240. The zero-order chi connectivity index (χ0) is 13.1. The Morgan fingerprint density at radius 1 is 1.42 bits per heavy atom. The van der Waals surface area contributed by atoms with Gasteiger partial charge in [-0.2, -0.15) is 0 Å². The van der Waals surface area contributed by atoms with Crippen LogP contribution in [0, 0.1) is 0 Å². The van der Waals surface area contributed by atoms with E-state index in [4.69, 9.17) is 9.47 Å². The van der Waals surface area contributed by atoms with Gasteiger partial charge in [0.05, 0.1) is 0 Å². The lowest BCUT2D eigenvalue weighted by Gasteiger charge is -2.16. The smallest absolute Gasteiger partial charge is 0.231 e. The van der Waals surface area contributed by atoms with Crippen molar-refractivity contribution < 1.29 is 9.47 Å². The molecule has 0 spiro atoms. The first kappa shape index (κ1) is 12.4. The molecule has 0 aliphatic carbocycles. The van der Waals surface area contributed by atoms with E-state index in [1.807, 2.05) is 25.4 Å². The van der Waals surface area contributed by atoms with Crippen LogP contribution in [0.15, 0.2) is 35.7 Å². The molecule has 1 aromatic carbocycles. The number of thioether (sulfide) groups is 1. The van der Waals surface area contributed by atoms with Gasteiger partial charge in [0.2, 0.25) is 6.79 Å². The van der Waals surface area contributed by atoms with Crippen molar-refractivity contribution in [3.8, 4) is 11.5 Å². The van der Waals surface area contributed by atoms with E-state index in [0.717, 1.165) is 22.4 Å². The molecule has 0 radical (unpaired) electrons. The normalized spacial score (nSPS) is 14.6. The van der Waals surface area contributed by atoms with E-state index in [2.05, 4.69) is 21.4 Å². The molecule has 2 N–H and O–H groups in total. The number of fused-ring (bicyclic) bond motifs is 1. The van der Waals surface area contributed by atoms with Gasteiger partial charge in [-0.05, 0) is 24.7 Å². The van der Waals surface area contributed by atoms with Gasteiger partial charge in [0.25, 0.3) is 0 Å². The fourth-order valence-electron chi connectivity index (χ4n) is 1.97. The molecule has 1 aliphatic rings. The van der Waals surface area contributed by atoms with Crippen molar-refractivity contribution in [3.05, 3.63) is 36.2 Å². The summed E-state index contributed by atoms with van der Waals surface area (Å²) in [5, 5.41) is 4.24. The summed E-state index contributed by atoms with van der Waals surface area (Å²) < 4.78 is 10.7. The Bertz CT molecular complexity index is 545. The number of aromatic nitrogens is 2. The number of hydrogen-bond acceptors (Lipinski definition) is 5. The molecule has 1 atom stereocenters. The number of rotatable bonds is 5. The molecule has 2 aromatic rings. The molecule has 2 heterocycles. The van der Waals surface area contributed by atoms with Crippen molar-refractivity contribution in [1.82, 2.24) is 15.3 Å². The quantitative estimate of drug-likeness (QED) is 0.820. The SMILES string of the molecule is CNC(CSc1ncc[nH]1)c1ccc2c(c1)OCO2. The average molecular weight is 277 g/mol. The molecular weight excluding hydrogens is 262 g/mol. The first-order chi connectivity index (χ1) is 9.36. The Balaban J connectivity index is 1.71. The number of aromatic amines is 1. The topological polar surface area (TPSA) is 59.2 Å². The molecule has 0 bridgehead atoms. The van der Waals surface area contributed by atoms with Gasteiger partial charge in [-0.15, -0.1) is 0 Å². The second kappa shape index (κ2) is 5.54. The third-order valence-electron chi connectivity index (χ3n) is 3.01. The van der Waals surface area contributed by atoms with E-state index in [1.54, 1.807) is 18.0 Å². The Hall–Kier alpha value is -1.66. The summed E-state index contributed by atoms with van der Waals surface area (Å²) in [6.07, 6.45) is 3.59. The van der Waals surface area contributed by atoms with Crippen LogP contribution in [0.5, 0.6) is 11.5 Å². The molecule has 0 amide bonds. The fourth-order valence-corrected chi connectivity index (χ4v) is 2.94. The summed E-state index contributed by atoms with van der Waals surface area (Å²) in [6, 6.07) is 6.30. The highest BCUT2D eigenvalue weighted by Crippen LogP contribution is 2.35. The van der Waals surface area contributed by atoms with Gasteiger partial charge in [0.1, 0.15) is 0 Å². The van der Waals surface area contributed by atoms with E-state index in [1.165, 1.54) is 5.56 Å². The molecule has 100 valence electrons. The maximum atomic E-state index is 5.41. The van der Waals surface area contributed by atoms with Crippen LogP contribution in [0.1, 0.15) is 11.6 Å². The summed E-state index contributed by atoms with van der Waals surface area (Å²) in [4.78, 5) is 7.30. The van der Waals surface area contributed by atoms with Gasteiger partial charge >= 0.3 is 0 Å². The summed E-state index contributed by atoms with van der Waals surface area (Å²) >= 11 is 1.69. The van der Waals surface area contributed by atoms with Gasteiger partial charge in [0.15, 0.2) is 16.7 Å². The number of benzene rings is 1. The van der Waals surface area contributed by atoms with Crippen molar-refractivity contribution in [3.63, 3.8) is 0 Å². The summed E-state index contributed by atoms with van der Waals surface area (Å²) in [5.74, 6) is 2.53. The van der Waals surface area contributed by atoms with Gasteiger partial charge in [-0.1, -0.05) is 17.8 Å². The van der Waals surface area contributed by atoms with E-state index in [0.29, 0.717) is 6.79 Å². The van der Waals surface area contributed by atoms with Gasteiger partial charge in [-0.25, -0.2) is 4.98 Å². The first-order valence-corrected chi connectivity index (χ1v) is 7.04. The van der Waals surface area contributed by atoms with E-state index >= 15 is 0 Å². The number of ether oxygens (including phenoxy) is 2. The largest absolute Gasteiger partial charge is 0.454 e. The number of H-pyrrole nitrogens is 1. The highest BCUT2D eigenvalue weighted by Gasteiger charge is 2.17. The average Bonchev–Trinajstić information content (AvgIpc) is 3.09. The van der Waals surface area contributed by atoms with Gasteiger partial charge in [0, 0.05) is 24.2 Å². The molecule has 19 heavy (non-hydrogen) atoms. The predicted octanol–water partition coefficient (Wildman–Crippen LogP) is 2.19. The Labute approximate surface area is 115 Å². The second-order valence-electron chi connectivity index (χ2n) is 4.16. The molecule has 1 aliphatic heterocycles. The van der Waals surface area contributed by atoms with Crippen molar-refractivity contribution in [2.24, 2.45) is 0 Å². The zero-order valence-electron chi connectivity index (χ0n) is 10.6. The van der Waals surface area contributed by atoms with Crippen LogP contribution in [-0.2, 0) is 0 Å². The third kappa shape index (κ3) is 2.69. The van der Waals surface area contributed by atoms with Crippen molar-refractivity contribution in [2.45, 2.75) is 11.2 Å². The van der Waals surface area contributed by atoms with Crippen LogP contribution in [-0.4, -0.2) is 29.6 Å². The molecule has 0 fully saturated rings. The van der Waals surface area contributed by atoms with Gasteiger partial charge < -0.3 is 19.8 Å². The Kier molecular flexibility index (Phi) is 3.61. The monoisotopic (exact) mass is 277 g/mol. The molecule has 3 rings (SSSR count). The lowest BCUT2D eigenvalue weighted by molar-refractivity contribution is 0.174. The van der Waals surface area contributed by atoms with Crippen LogP contribution >= 0.6 is 11.8 Å². The highest BCUT2D eigenvalue weighted by atomic mass is 32.2. The van der Waals surface area contributed by atoms with Crippen LogP contribution < -0.4 is 14.8 Å². The van der Waals surface area contributed by atoms with Crippen LogP contribution in [0.4, 0.5) is 0 Å². The standard InChI is InChI=1S/C13H15N3O2S/c1-14-10(7-19-13-15-4-5-16-13)9-2-3-11-12(6-9)18-8-17-11/h2-6,10,14H,7-8H2,1H3,(H,15,16). The van der Waals surface area contributed by atoms with E-state index in [-0.39, 0.29) is 6.04 Å². The molecule has 6 heteroatoms. The Morgan fingerprint density at radius 3 is 3.11 bits per heavy atom. The molecule has 0 saturated carbocycles. The third-order valence-corrected chi connectivity index (χ3v) is 4.00. The molecule has 0 saturated heterocycles.